The molecular weight excluding hydrogens is 156 g/mol. The van der Waals surface area contributed by atoms with Crippen molar-refractivity contribution < 1.29 is 0 Å². The molecule has 0 amide bonds. The summed E-state index contributed by atoms with van der Waals surface area (Å²) in [6.45, 7) is 8.78. The second kappa shape index (κ2) is 3.48. The van der Waals surface area contributed by atoms with Crippen LogP contribution in [-0.4, -0.2) is 0 Å². The van der Waals surface area contributed by atoms with Crippen LogP contribution in [0.5, 0.6) is 0 Å². The third-order valence-corrected chi connectivity index (χ3v) is 4.57. The van der Waals surface area contributed by atoms with Crippen molar-refractivity contribution in [1.29, 1.82) is 0 Å². The number of fused-ring (bicyclic) bond motifs is 1. The van der Waals surface area contributed by atoms with Gasteiger partial charge in [-0.3, -0.25) is 0 Å². The Kier molecular flexibility index (Phi) is 2.49. The second-order valence-electron chi connectivity index (χ2n) is 5.19. The molecule has 0 aromatic rings. The zero-order valence-corrected chi connectivity index (χ0v) is 9.00. The van der Waals surface area contributed by atoms with Crippen LogP contribution in [-0.2, 0) is 0 Å². The molecule has 0 saturated heterocycles. The van der Waals surface area contributed by atoms with Gasteiger partial charge in [0.05, 0.1) is 0 Å². The summed E-state index contributed by atoms with van der Waals surface area (Å²) in [6, 6.07) is 0. The summed E-state index contributed by atoms with van der Waals surface area (Å²) in [5.41, 5.74) is 0. The molecule has 0 bridgehead atoms. The highest BCUT2D eigenvalue weighted by atomic mass is 14.5. The molecule has 2 saturated carbocycles. The third-order valence-electron chi connectivity index (χ3n) is 4.57. The Morgan fingerprint density at radius 2 is 1.92 bits per heavy atom. The summed E-state index contributed by atoms with van der Waals surface area (Å²) in [5.74, 6) is 4.87. The van der Waals surface area contributed by atoms with Gasteiger partial charge in [0.25, 0.3) is 0 Å². The van der Waals surface area contributed by atoms with Gasteiger partial charge < -0.3 is 0 Å². The van der Waals surface area contributed by atoms with Gasteiger partial charge in [-0.15, -0.1) is 6.58 Å². The number of allylic oxidation sites excluding steroid dienone is 1. The highest BCUT2D eigenvalue weighted by molar-refractivity contribution is 5.01. The van der Waals surface area contributed by atoms with Gasteiger partial charge >= 0.3 is 0 Å². The molecule has 13 heavy (non-hydrogen) atoms. The Labute approximate surface area is 82.4 Å². The van der Waals surface area contributed by atoms with Gasteiger partial charge in [-0.25, -0.2) is 0 Å². The van der Waals surface area contributed by atoms with Crippen molar-refractivity contribution in [2.45, 2.75) is 39.5 Å². The van der Waals surface area contributed by atoms with Crippen LogP contribution in [0.15, 0.2) is 12.7 Å². The van der Waals surface area contributed by atoms with E-state index < -0.39 is 0 Å². The predicted octanol–water partition coefficient (Wildman–Crippen LogP) is 3.88. The molecule has 0 aromatic carbocycles. The van der Waals surface area contributed by atoms with Gasteiger partial charge in [-0.05, 0) is 48.9 Å². The Morgan fingerprint density at radius 3 is 2.54 bits per heavy atom. The van der Waals surface area contributed by atoms with E-state index in [2.05, 4.69) is 26.5 Å². The smallest absolute Gasteiger partial charge is 0.0202 e. The molecule has 0 nitrogen and oxygen atoms in total. The summed E-state index contributed by atoms with van der Waals surface area (Å²) >= 11 is 0. The maximum atomic E-state index is 3.99. The fourth-order valence-corrected chi connectivity index (χ4v) is 3.75. The summed E-state index contributed by atoms with van der Waals surface area (Å²) in [6.07, 6.45) is 8.02. The summed E-state index contributed by atoms with van der Waals surface area (Å²) in [4.78, 5) is 0. The van der Waals surface area contributed by atoms with Gasteiger partial charge in [-0.1, -0.05) is 26.3 Å². The van der Waals surface area contributed by atoms with Crippen LogP contribution in [0.1, 0.15) is 39.5 Å². The molecule has 74 valence electrons. The molecule has 0 radical (unpaired) electrons. The first-order valence-corrected chi connectivity index (χ1v) is 5.88. The molecule has 0 heterocycles. The zero-order valence-electron chi connectivity index (χ0n) is 9.00. The minimum Gasteiger partial charge on any atom is -0.103 e. The molecule has 2 fully saturated rings. The van der Waals surface area contributed by atoms with Crippen molar-refractivity contribution in [2.75, 3.05) is 0 Å². The van der Waals surface area contributed by atoms with Crippen LogP contribution in [0.2, 0.25) is 0 Å². The summed E-state index contributed by atoms with van der Waals surface area (Å²) in [5, 5.41) is 0. The lowest BCUT2D eigenvalue weighted by molar-refractivity contribution is 0.361. The minimum absolute atomic E-state index is 0.844. The second-order valence-corrected chi connectivity index (χ2v) is 5.19. The third kappa shape index (κ3) is 1.45. The lowest BCUT2D eigenvalue weighted by Crippen LogP contribution is -2.07. The van der Waals surface area contributed by atoms with E-state index in [1.807, 2.05) is 0 Å². The zero-order chi connectivity index (χ0) is 9.42. The standard InChI is InChI=1S/C13H22/c1-4-10-7-12-9(3)6-11(5-2)13(12)8-10/h5,9-13H,2,4,6-8H2,1,3H3. The highest BCUT2D eigenvalue weighted by Gasteiger charge is 2.45. The summed E-state index contributed by atoms with van der Waals surface area (Å²) < 4.78 is 0. The van der Waals surface area contributed by atoms with Crippen molar-refractivity contribution in [3.05, 3.63) is 12.7 Å². The van der Waals surface area contributed by atoms with Gasteiger partial charge in [0.2, 0.25) is 0 Å². The predicted molar refractivity (Wildman–Crippen MR) is 57.5 cm³/mol. The SMILES string of the molecule is C=CC1CC(C)C2CC(CC)CC12. The number of hydrogen-bond donors (Lipinski definition) is 0. The first-order valence-electron chi connectivity index (χ1n) is 5.88. The maximum absolute atomic E-state index is 3.99. The molecule has 0 aliphatic heterocycles. The van der Waals surface area contributed by atoms with Crippen molar-refractivity contribution in [3.63, 3.8) is 0 Å². The number of hydrogen-bond acceptors (Lipinski definition) is 0. The normalized spacial score (nSPS) is 49.2. The molecule has 2 rings (SSSR count). The van der Waals surface area contributed by atoms with Crippen molar-refractivity contribution in [1.82, 2.24) is 0 Å². The Morgan fingerprint density at radius 1 is 1.23 bits per heavy atom. The van der Waals surface area contributed by atoms with Crippen molar-refractivity contribution in [2.24, 2.45) is 29.6 Å². The molecule has 0 aromatic heterocycles. The van der Waals surface area contributed by atoms with E-state index in [9.17, 15) is 0 Å². The Balaban J connectivity index is 2.07. The first-order chi connectivity index (χ1) is 6.26. The average Bonchev–Trinajstić information content (AvgIpc) is 2.66. The lowest BCUT2D eigenvalue weighted by atomic mass is 9.91. The number of rotatable bonds is 2. The van der Waals surface area contributed by atoms with Crippen molar-refractivity contribution in [3.8, 4) is 0 Å². The molecular formula is C13H22. The highest BCUT2D eigenvalue weighted by Crippen LogP contribution is 2.53. The largest absolute Gasteiger partial charge is 0.103 e. The quantitative estimate of drug-likeness (QED) is 0.563. The lowest BCUT2D eigenvalue weighted by Gasteiger charge is -2.14. The average molecular weight is 178 g/mol. The molecule has 5 unspecified atom stereocenters. The van der Waals surface area contributed by atoms with Crippen LogP contribution in [0, 0.1) is 29.6 Å². The van der Waals surface area contributed by atoms with Crippen LogP contribution in [0.4, 0.5) is 0 Å². The van der Waals surface area contributed by atoms with E-state index in [1.165, 1.54) is 25.7 Å². The molecule has 2 aliphatic rings. The molecule has 5 atom stereocenters. The molecule has 2 aliphatic carbocycles. The monoisotopic (exact) mass is 178 g/mol. The minimum atomic E-state index is 0.844. The van der Waals surface area contributed by atoms with E-state index in [-0.39, 0.29) is 0 Å². The van der Waals surface area contributed by atoms with Crippen LogP contribution >= 0.6 is 0 Å². The van der Waals surface area contributed by atoms with E-state index in [0.717, 1.165) is 29.6 Å². The van der Waals surface area contributed by atoms with Gasteiger partial charge in [0.1, 0.15) is 0 Å². The maximum Gasteiger partial charge on any atom is -0.0202 e. The topological polar surface area (TPSA) is 0 Å². The van der Waals surface area contributed by atoms with Gasteiger partial charge in [0.15, 0.2) is 0 Å². The van der Waals surface area contributed by atoms with Crippen LogP contribution in [0.25, 0.3) is 0 Å². The van der Waals surface area contributed by atoms with E-state index in [1.54, 1.807) is 0 Å². The van der Waals surface area contributed by atoms with Gasteiger partial charge in [-0.2, -0.15) is 0 Å². The van der Waals surface area contributed by atoms with Crippen LogP contribution in [0.3, 0.4) is 0 Å². The Hall–Kier alpha value is -0.260. The summed E-state index contributed by atoms with van der Waals surface area (Å²) in [7, 11) is 0. The fraction of sp³-hybridized carbons (Fsp3) is 0.846. The molecule has 0 N–H and O–H groups in total. The van der Waals surface area contributed by atoms with Crippen molar-refractivity contribution >= 4 is 0 Å². The fourth-order valence-electron chi connectivity index (χ4n) is 3.75. The van der Waals surface area contributed by atoms with Gasteiger partial charge in [0, 0.05) is 0 Å². The van der Waals surface area contributed by atoms with E-state index in [0.29, 0.717) is 0 Å². The first kappa shape index (κ1) is 9.30. The Bertz CT molecular complexity index is 194. The van der Waals surface area contributed by atoms with Crippen LogP contribution < -0.4 is 0 Å². The van der Waals surface area contributed by atoms with E-state index in [4.69, 9.17) is 0 Å². The molecule has 0 heteroatoms. The van der Waals surface area contributed by atoms with E-state index >= 15 is 0 Å². The molecule has 0 spiro atoms.